The Morgan fingerprint density at radius 1 is 1.47 bits per heavy atom. The highest BCUT2D eigenvalue weighted by atomic mass is 19.1. The van der Waals surface area contributed by atoms with Gasteiger partial charge in [0.2, 0.25) is 0 Å². The summed E-state index contributed by atoms with van der Waals surface area (Å²) in [7, 11) is 0. The Hall–Kier alpha value is -1.42. The summed E-state index contributed by atoms with van der Waals surface area (Å²) in [6, 6.07) is 6.30. The minimum atomic E-state index is -0.864. The lowest BCUT2D eigenvalue weighted by Gasteiger charge is -2.44. The van der Waals surface area contributed by atoms with Crippen LogP contribution >= 0.6 is 0 Å². The molecule has 4 heteroatoms. The predicted molar refractivity (Wildman–Crippen MR) is 62.1 cm³/mol. The first-order valence-corrected chi connectivity index (χ1v) is 5.80. The molecule has 1 saturated carbocycles. The Kier molecular flexibility index (Phi) is 3.15. The van der Waals surface area contributed by atoms with E-state index in [0.717, 1.165) is 6.42 Å². The molecule has 1 aromatic rings. The van der Waals surface area contributed by atoms with Gasteiger partial charge in [-0.3, -0.25) is 4.79 Å². The molecule has 0 aromatic heterocycles. The number of carboxylic acid groups (broad SMARTS) is 1. The lowest BCUT2D eigenvalue weighted by Crippen LogP contribution is -2.46. The third-order valence-electron chi connectivity index (χ3n) is 3.86. The standard InChI is InChI=1S/C13H16FNO2/c14-11-5-2-1-4-9(11)10(8-15)13(12(16)17)6-3-7-13/h1-2,4-5,10H,3,6-8,15H2,(H,16,17)/t10-/m0/s1. The first-order chi connectivity index (χ1) is 8.12. The number of hydrogen-bond donors (Lipinski definition) is 2. The maximum Gasteiger partial charge on any atom is 0.310 e. The molecule has 0 unspecified atom stereocenters. The zero-order valence-electron chi connectivity index (χ0n) is 9.53. The summed E-state index contributed by atoms with van der Waals surface area (Å²) in [5.41, 5.74) is 5.24. The number of rotatable bonds is 4. The van der Waals surface area contributed by atoms with Crippen LogP contribution in [0.2, 0.25) is 0 Å². The van der Waals surface area contributed by atoms with Crippen LogP contribution in [0.25, 0.3) is 0 Å². The van der Waals surface area contributed by atoms with Gasteiger partial charge in [-0.25, -0.2) is 4.39 Å². The minimum Gasteiger partial charge on any atom is -0.481 e. The Bertz CT molecular complexity index is 429. The SMILES string of the molecule is NC[C@@H](c1ccccc1F)C1(C(=O)O)CCC1. The number of carbonyl (C=O) groups is 1. The molecule has 2 rings (SSSR count). The van der Waals surface area contributed by atoms with Crippen LogP contribution in [-0.4, -0.2) is 17.6 Å². The summed E-state index contributed by atoms with van der Waals surface area (Å²) < 4.78 is 13.7. The second-order valence-electron chi connectivity index (χ2n) is 4.62. The number of hydrogen-bond acceptors (Lipinski definition) is 2. The van der Waals surface area contributed by atoms with E-state index < -0.39 is 17.3 Å². The minimum absolute atomic E-state index is 0.160. The van der Waals surface area contributed by atoms with E-state index in [0.29, 0.717) is 18.4 Å². The Morgan fingerprint density at radius 2 is 2.12 bits per heavy atom. The molecule has 3 nitrogen and oxygen atoms in total. The van der Waals surface area contributed by atoms with Crippen molar-refractivity contribution in [3.05, 3.63) is 35.6 Å². The molecule has 1 aliphatic carbocycles. The molecular weight excluding hydrogens is 221 g/mol. The lowest BCUT2D eigenvalue weighted by molar-refractivity contribution is -0.156. The van der Waals surface area contributed by atoms with Crippen molar-refractivity contribution in [2.45, 2.75) is 25.2 Å². The van der Waals surface area contributed by atoms with Crippen molar-refractivity contribution < 1.29 is 14.3 Å². The van der Waals surface area contributed by atoms with Gasteiger partial charge in [0.25, 0.3) is 0 Å². The van der Waals surface area contributed by atoms with Gasteiger partial charge in [-0.2, -0.15) is 0 Å². The van der Waals surface area contributed by atoms with Crippen LogP contribution in [0.15, 0.2) is 24.3 Å². The maximum atomic E-state index is 13.7. The first-order valence-electron chi connectivity index (χ1n) is 5.80. The first kappa shape index (κ1) is 12.0. The molecule has 17 heavy (non-hydrogen) atoms. The van der Waals surface area contributed by atoms with Crippen molar-refractivity contribution in [2.24, 2.45) is 11.1 Å². The van der Waals surface area contributed by atoms with Gasteiger partial charge in [0, 0.05) is 12.5 Å². The summed E-state index contributed by atoms with van der Waals surface area (Å²) in [6.07, 6.45) is 2.04. The summed E-state index contributed by atoms with van der Waals surface area (Å²) in [5, 5.41) is 9.36. The van der Waals surface area contributed by atoms with Gasteiger partial charge in [0.15, 0.2) is 0 Å². The molecule has 0 aliphatic heterocycles. The van der Waals surface area contributed by atoms with Crippen LogP contribution in [0.1, 0.15) is 30.7 Å². The molecule has 0 heterocycles. The highest BCUT2D eigenvalue weighted by Crippen LogP contribution is 2.51. The van der Waals surface area contributed by atoms with E-state index in [9.17, 15) is 14.3 Å². The molecule has 0 spiro atoms. The van der Waals surface area contributed by atoms with Crippen LogP contribution in [0, 0.1) is 11.2 Å². The highest BCUT2D eigenvalue weighted by molar-refractivity contribution is 5.77. The second kappa shape index (κ2) is 4.45. The number of nitrogens with two attached hydrogens (primary N) is 1. The van der Waals surface area contributed by atoms with Gasteiger partial charge in [0.1, 0.15) is 5.82 Å². The zero-order chi connectivity index (χ0) is 12.5. The van der Waals surface area contributed by atoms with Crippen LogP contribution in [0.3, 0.4) is 0 Å². The molecular formula is C13H16FNO2. The summed E-state index contributed by atoms with van der Waals surface area (Å²) in [5.74, 6) is -1.66. The largest absolute Gasteiger partial charge is 0.481 e. The molecule has 0 radical (unpaired) electrons. The van der Waals surface area contributed by atoms with Crippen molar-refractivity contribution in [3.8, 4) is 0 Å². The van der Waals surface area contributed by atoms with Crippen molar-refractivity contribution in [1.82, 2.24) is 0 Å². The Labute approximate surface area is 99.4 Å². The topological polar surface area (TPSA) is 63.3 Å². The summed E-state index contributed by atoms with van der Waals surface area (Å²) in [6.45, 7) is 0.160. The molecule has 1 atom stereocenters. The predicted octanol–water partition coefficient (Wildman–Crippen LogP) is 2.12. The zero-order valence-corrected chi connectivity index (χ0v) is 9.53. The van der Waals surface area contributed by atoms with Crippen LogP contribution < -0.4 is 5.73 Å². The molecule has 0 saturated heterocycles. The lowest BCUT2D eigenvalue weighted by atomic mass is 9.59. The summed E-state index contributed by atoms with van der Waals surface area (Å²) >= 11 is 0. The fourth-order valence-electron chi connectivity index (χ4n) is 2.68. The van der Waals surface area contributed by atoms with E-state index in [4.69, 9.17) is 5.73 Å². The number of carboxylic acids is 1. The monoisotopic (exact) mass is 237 g/mol. The third kappa shape index (κ3) is 1.82. The van der Waals surface area contributed by atoms with E-state index in [1.807, 2.05) is 0 Å². The van der Waals surface area contributed by atoms with Gasteiger partial charge in [-0.1, -0.05) is 24.6 Å². The van der Waals surface area contributed by atoms with Gasteiger partial charge in [0.05, 0.1) is 5.41 Å². The normalized spacial score (nSPS) is 19.4. The van der Waals surface area contributed by atoms with Gasteiger partial charge in [-0.05, 0) is 24.5 Å². The van der Waals surface area contributed by atoms with Gasteiger partial charge < -0.3 is 10.8 Å². The second-order valence-corrected chi connectivity index (χ2v) is 4.62. The molecule has 3 N–H and O–H groups in total. The average molecular weight is 237 g/mol. The average Bonchev–Trinajstić information content (AvgIpc) is 2.24. The van der Waals surface area contributed by atoms with Crippen molar-refractivity contribution >= 4 is 5.97 Å². The molecule has 1 aromatic carbocycles. The molecule has 0 amide bonds. The Morgan fingerprint density at radius 3 is 2.53 bits per heavy atom. The van der Waals surface area contributed by atoms with E-state index in [1.165, 1.54) is 6.07 Å². The quantitative estimate of drug-likeness (QED) is 0.843. The molecule has 92 valence electrons. The number of aliphatic carboxylic acids is 1. The van der Waals surface area contributed by atoms with Crippen molar-refractivity contribution in [1.29, 1.82) is 0 Å². The van der Waals surface area contributed by atoms with Gasteiger partial charge >= 0.3 is 5.97 Å². The number of halogens is 1. The van der Waals surface area contributed by atoms with E-state index in [2.05, 4.69) is 0 Å². The molecule has 1 aliphatic rings. The van der Waals surface area contributed by atoms with Gasteiger partial charge in [-0.15, -0.1) is 0 Å². The van der Waals surface area contributed by atoms with E-state index in [1.54, 1.807) is 18.2 Å². The van der Waals surface area contributed by atoms with E-state index >= 15 is 0 Å². The highest BCUT2D eigenvalue weighted by Gasteiger charge is 2.51. The van der Waals surface area contributed by atoms with Crippen molar-refractivity contribution in [3.63, 3.8) is 0 Å². The van der Waals surface area contributed by atoms with Crippen LogP contribution in [0.5, 0.6) is 0 Å². The maximum absolute atomic E-state index is 13.7. The van der Waals surface area contributed by atoms with Crippen molar-refractivity contribution in [2.75, 3.05) is 6.54 Å². The van der Waals surface area contributed by atoms with E-state index in [-0.39, 0.29) is 12.4 Å². The Balaban J connectivity index is 2.40. The fourth-order valence-corrected chi connectivity index (χ4v) is 2.68. The molecule has 0 bridgehead atoms. The summed E-state index contributed by atoms with van der Waals surface area (Å²) in [4.78, 5) is 11.4. The number of benzene rings is 1. The molecule has 1 fully saturated rings. The van der Waals surface area contributed by atoms with Crippen LogP contribution in [-0.2, 0) is 4.79 Å². The van der Waals surface area contributed by atoms with Crippen LogP contribution in [0.4, 0.5) is 4.39 Å². The third-order valence-corrected chi connectivity index (χ3v) is 3.86. The smallest absolute Gasteiger partial charge is 0.310 e. The fraction of sp³-hybridized carbons (Fsp3) is 0.462.